The molecule has 1 aliphatic carbocycles. The molecule has 30 heavy (non-hydrogen) atoms. The normalized spacial score (nSPS) is 16.0. The fraction of sp³-hybridized carbons (Fsp3) is 0.476. The van der Waals surface area contributed by atoms with Crippen molar-refractivity contribution < 1.29 is 0 Å². The lowest BCUT2D eigenvalue weighted by molar-refractivity contribution is 0.358. The lowest BCUT2D eigenvalue weighted by Gasteiger charge is -2.23. The van der Waals surface area contributed by atoms with Crippen molar-refractivity contribution in [3.63, 3.8) is 0 Å². The van der Waals surface area contributed by atoms with Crippen LogP contribution in [0.4, 0.5) is 17.5 Å². The first-order valence-electron chi connectivity index (χ1n) is 10.5. The van der Waals surface area contributed by atoms with Crippen LogP contribution < -0.4 is 22.1 Å². The molecule has 1 atom stereocenters. The average Bonchev–Trinajstić information content (AvgIpc) is 3.18. The molecular formula is C21H29ClN8. The number of halogens is 1. The van der Waals surface area contributed by atoms with Crippen LogP contribution in [0.2, 0.25) is 5.02 Å². The Hall–Kier alpha value is -2.58. The van der Waals surface area contributed by atoms with Crippen molar-refractivity contribution in [1.29, 1.82) is 0 Å². The topological polar surface area (TPSA) is 120 Å². The molecular weight excluding hydrogens is 400 g/mol. The van der Waals surface area contributed by atoms with Crippen LogP contribution in [0, 0.1) is 0 Å². The van der Waals surface area contributed by atoms with E-state index in [1.165, 1.54) is 19.3 Å². The minimum Gasteiger partial charge on any atom is -0.397 e. The lowest BCUT2D eigenvalue weighted by atomic mass is 9.95. The first-order chi connectivity index (χ1) is 14.5. The number of para-hydroxylation sites is 1. The summed E-state index contributed by atoms with van der Waals surface area (Å²) in [5.74, 6) is 1.21. The Morgan fingerprint density at radius 3 is 2.77 bits per heavy atom. The second-order valence-electron chi connectivity index (χ2n) is 8.04. The van der Waals surface area contributed by atoms with Gasteiger partial charge in [-0.25, -0.2) is 4.98 Å². The van der Waals surface area contributed by atoms with Crippen LogP contribution in [0.5, 0.6) is 0 Å². The predicted octanol–water partition coefficient (Wildman–Crippen LogP) is 3.94. The summed E-state index contributed by atoms with van der Waals surface area (Å²) in [5, 5.41) is 7.17. The first kappa shape index (κ1) is 20.7. The molecule has 0 amide bonds. The molecule has 6 N–H and O–H groups in total. The van der Waals surface area contributed by atoms with Crippen molar-refractivity contribution in [3.05, 3.63) is 35.1 Å². The highest BCUT2D eigenvalue weighted by Gasteiger charge is 2.21. The summed E-state index contributed by atoms with van der Waals surface area (Å²) < 4.78 is 2.20. The van der Waals surface area contributed by atoms with Gasteiger partial charge in [0.15, 0.2) is 17.0 Å². The monoisotopic (exact) mass is 428 g/mol. The van der Waals surface area contributed by atoms with Crippen molar-refractivity contribution in [3.8, 4) is 0 Å². The van der Waals surface area contributed by atoms with Crippen molar-refractivity contribution in [2.75, 3.05) is 22.9 Å². The van der Waals surface area contributed by atoms with E-state index >= 15 is 0 Å². The zero-order valence-corrected chi connectivity index (χ0v) is 18.0. The SMILES string of the molecule is CC(N)CNc1nc(NCc2cccc(Cl)c2N)c2ncn(C3CCCCC3)c2n1. The van der Waals surface area contributed by atoms with E-state index in [2.05, 4.69) is 25.2 Å². The Labute approximate surface area is 181 Å². The Bertz CT molecular complexity index is 1010. The summed E-state index contributed by atoms with van der Waals surface area (Å²) in [6.07, 6.45) is 7.98. The quantitative estimate of drug-likeness (QED) is 0.420. The number of hydrogen-bond acceptors (Lipinski definition) is 7. The van der Waals surface area contributed by atoms with Crippen LogP contribution in [0.3, 0.4) is 0 Å². The third kappa shape index (κ3) is 4.44. The maximum absolute atomic E-state index is 6.16. The third-order valence-corrected chi connectivity index (χ3v) is 5.89. The zero-order valence-electron chi connectivity index (χ0n) is 17.2. The molecule has 1 saturated carbocycles. The van der Waals surface area contributed by atoms with E-state index in [-0.39, 0.29) is 6.04 Å². The number of fused-ring (bicyclic) bond motifs is 1. The first-order valence-corrected chi connectivity index (χ1v) is 10.9. The highest BCUT2D eigenvalue weighted by Crippen LogP contribution is 2.32. The van der Waals surface area contributed by atoms with Crippen LogP contribution in [-0.2, 0) is 6.54 Å². The van der Waals surface area contributed by atoms with Gasteiger partial charge in [0, 0.05) is 25.2 Å². The Kier molecular flexibility index (Phi) is 6.24. The van der Waals surface area contributed by atoms with E-state index in [9.17, 15) is 0 Å². The Morgan fingerprint density at radius 2 is 2.00 bits per heavy atom. The predicted molar refractivity (Wildman–Crippen MR) is 123 cm³/mol. The number of rotatable bonds is 7. The van der Waals surface area contributed by atoms with Crippen molar-refractivity contribution >= 4 is 40.2 Å². The minimum atomic E-state index is -0.00443. The summed E-state index contributed by atoms with van der Waals surface area (Å²) in [5.41, 5.74) is 15.1. The maximum atomic E-state index is 6.16. The van der Waals surface area contributed by atoms with Gasteiger partial charge in [-0.15, -0.1) is 0 Å². The number of benzene rings is 1. The summed E-state index contributed by atoms with van der Waals surface area (Å²) in [6.45, 7) is 3.02. The summed E-state index contributed by atoms with van der Waals surface area (Å²) in [6, 6.07) is 6.04. The largest absolute Gasteiger partial charge is 0.397 e. The van der Waals surface area contributed by atoms with Crippen LogP contribution in [0.25, 0.3) is 11.2 Å². The minimum absolute atomic E-state index is 0.00443. The van der Waals surface area contributed by atoms with E-state index in [0.29, 0.717) is 41.6 Å². The molecule has 0 saturated heterocycles. The standard InChI is InChI=1S/C21H29ClN8/c1-13(23)10-26-21-28-19(25-11-14-6-5-9-16(22)17(14)24)18-20(29-21)30(12-27-18)15-7-3-2-4-8-15/h5-6,9,12-13,15H,2-4,7-8,10-11,23-24H2,1H3,(H2,25,26,28,29). The molecule has 1 fully saturated rings. The van der Waals surface area contributed by atoms with E-state index in [1.54, 1.807) is 6.07 Å². The number of nitrogens with two attached hydrogens (primary N) is 2. The highest BCUT2D eigenvalue weighted by atomic mass is 35.5. The van der Waals surface area contributed by atoms with Crippen LogP contribution in [-0.4, -0.2) is 32.1 Å². The van der Waals surface area contributed by atoms with Crippen LogP contribution >= 0.6 is 11.6 Å². The number of aromatic nitrogens is 4. The molecule has 2 heterocycles. The van der Waals surface area contributed by atoms with Gasteiger partial charge in [-0.05, 0) is 31.4 Å². The average molecular weight is 429 g/mol. The van der Waals surface area contributed by atoms with Gasteiger partial charge in [-0.1, -0.05) is 43.0 Å². The number of hydrogen-bond donors (Lipinski definition) is 4. The number of nitrogen functional groups attached to an aromatic ring is 1. The molecule has 1 unspecified atom stereocenters. The molecule has 2 aromatic heterocycles. The molecule has 4 rings (SSSR count). The highest BCUT2D eigenvalue weighted by molar-refractivity contribution is 6.33. The molecule has 160 valence electrons. The second-order valence-corrected chi connectivity index (χ2v) is 8.44. The zero-order chi connectivity index (χ0) is 21.1. The molecule has 0 radical (unpaired) electrons. The Balaban J connectivity index is 1.67. The molecule has 3 aromatic rings. The molecule has 0 spiro atoms. The second kappa shape index (κ2) is 9.06. The van der Waals surface area contributed by atoms with Gasteiger partial charge in [-0.2, -0.15) is 9.97 Å². The summed E-state index contributed by atoms with van der Waals surface area (Å²) in [4.78, 5) is 14.1. The molecule has 1 aromatic carbocycles. The van der Waals surface area contributed by atoms with Gasteiger partial charge in [0.25, 0.3) is 0 Å². The van der Waals surface area contributed by atoms with Crippen molar-refractivity contribution in [2.24, 2.45) is 5.73 Å². The number of nitrogens with zero attached hydrogens (tertiary/aromatic N) is 4. The van der Waals surface area contributed by atoms with Crippen molar-refractivity contribution in [1.82, 2.24) is 19.5 Å². The van der Waals surface area contributed by atoms with Crippen LogP contribution in [0.1, 0.15) is 50.6 Å². The van der Waals surface area contributed by atoms with Gasteiger partial charge in [0.05, 0.1) is 17.0 Å². The number of imidazole rings is 1. The Morgan fingerprint density at radius 1 is 1.20 bits per heavy atom. The van der Waals surface area contributed by atoms with Gasteiger partial charge in [-0.3, -0.25) is 0 Å². The maximum Gasteiger partial charge on any atom is 0.226 e. The van der Waals surface area contributed by atoms with Gasteiger partial charge in [0.2, 0.25) is 5.95 Å². The molecule has 0 bridgehead atoms. The summed E-state index contributed by atoms with van der Waals surface area (Å²) in [7, 11) is 0. The van der Waals surface area contributed by atoms with Crippen molar-refractivity contribution in [2.45, 2.75) is 57.7 Å². The molecule has 0 aliphatic heterocycles. The summed E-state index contributed by atoms with van der Waals surface area (Å²) >= 11 is 6.16. The number of anilines is 3. The fourth-order valence-corrected chi connectivity index (χ4v) is 4.11. The molecule has 8 nitrogen and oxygen atoms in total. The van der Waals surface area contributed by atoms with E-state index in [4.69, 9.17) is 28.1 Å². The fourth-order valence-electron chi connectivity index (χ4n) is 3.91. The molecule has 1 aliphatic rings. The lowest BCUT2D eigenvalue weighted by Crippen LogP contribution is -2.26. The van der Waals surface area contributed by atoms with Gasteiger partial charge in [0.1, 0.15) is 0 Å². The van der Waals surface area contributed by atoms with E-state index < -0.39 is 0 Å². The molecule has 9 heteroatoms. The smallest absolute Gasteiger partial charge is 0.226 e. The van der Waals surface area contributed by atoms with Crippen LogP contribution in [0.15, 0.2) is 24.5 Å². The third-order valence-electron chi connectivity index (χ3n) is 5.56. The van der Waals surface area contributed by atoms with Gasteiger partial charge < -0.3 is 26.7 Å². The van der Waals surface area contributed by atoms with E-state index in [0.717, 1.165) is 29.6 Å². The van der Waals surface area contributed by atoms with Gasteiger partial charge >= 0.3 is 0 Å². The van der Waals surface area contributed by atoms with E-state index in [1.807, 2.05) is 25.4 Å². The number of nitrogens with one attached hydrogen (secondary N) is 2.